The van der Waals surface area contributed by atoms with Crippen LogP contribution in [0.4, 0.5) is 10.2 Å². The van der Waals surface area contributed by atoms with E-state index in [-0.39, 0.29) is 11.3 Å². The number of ketones is 1. The van der Waals surface area contributed by atoms with Gasteiger partial charge in [-0.25, -0.2) is 14.4 Å². The predicted octanol–water partition coefficient (Wildman–Crippen LogP) is 4.55. The standard InChI is InChI=1S/C22H22FN3O/c1-2-18-24-17-12-11-16(23)19(21(27)15-9-5-3-6-10-15)20(17)22(25-18)26-13-7-4-8-14-26/h3,5-6,9-12H,2,4,7-8,13-14H2,1H3. The van der Waals surface area contributed by atoms with Crippen LogP contribution >= 0.6 is 0 Å². The van der Waals surface area contributed by atoms with Gasteiger partial charge >= 0.3 is 0 Å². The summed E-state index contributed by atoms with van der Waals surface area (Å²) in [4.78, 5) is 24.6. The molecule has 4 nitrogen and oxygen atoms in total. The van der Waals surface area contributed by atoms with E-state index in [0.717, 1.165) is 25.9 Å². The molecule has 1 aromatic heterocycles. The van der Waals surface area contributed by atoms with E-state index in [9.17, 15) is 9.18 Å². The maximum absolute atomic E-state index is 14.9. The summed E-state index contributed by atoms with van der Waals surface area (Å²) >= 11 is 0. The van der Waals surface area contributed by atoms with Crippen molar-refractivity contribution in [1.82, 2.24) is 9.97 Å². The monoisotopic (exact) mass is 363 g/mol. The fourth-order valence-corrected chi connectivity index (χ4v) is 3.68. The first kappa shape index (κ1) is 17.6. The largest absolute Gasteiger partial charge is 0.356 e. The summed E-state index contributed by atoms with van der Waals surface area (Å²) in [6, 6.07) is 11.8. The highest BCUT2D eigenvalue weighted by molar-refractivity contribution is 6.18. The number of piperidine rings is 1. The van der Waals surface area contributed by atoms with E-state index in [2.05, 4.69) is 9.88 Å². The Labute approximate surface area is 158 Å². The maximum Gasteiger partial charge on any atom is 0.196 e. The molecule has 0 amide bonds. The Balaban J connectivity index is 1.97. The molecule has 2 aromatic carbocycles. The number of carbonyl (C=O) groups is 1. The summed E-state index contributed by atoms with van der Waals surface area (Å²) in [5, 5.41) is 0.531. The highest BCUT2D eigenvalue weighted by Crippen LogP contribution is 2.32. The van der Waals surface area contributed by atoms with Crippen molar-refractivity contribution >= 4 is 22.5 Å². The number of fused-ring (bicyclic) bond motifs is 1. The van der Waals surface area contributed by atoms with Crippen molar-refractivity contribution < 1.29 is 9.18 Å². The van der Waals surface area contributed by atoms with Gasteiger partial charge in [-0.1, -0.05) is 37.3 Å². The average molecular weight is 363 g/mol. The number of anilines is 1. The molecule has 0 atom stereocenters. The second kappa shape index (κ2) is 7.43. The van der Waals surface area contributed by atoms with Gasteiger partial charge in [0.05, 0.1) is 16.5 Å². The summed E-state index contributed by atoms with van der Waals surface area (Å²) in [6.45, 7) is 3.73. The van der Waals surface area contributed by atoms with Crippen molar-refractivity contribution in [3.8, 4) is 0 Å². The number of aromatic nitrogens is 2. The zero-order chi connectivity index (χ0) is 18.8. The molecule has 2 heterocycles. The SMILES string of the molecule is CCc1nc(N2CCCCC2)c2c(C(=O)c3ccccc3)c(F)ccc2n1. The van der Waals surface area contributed by atoms with Crippen molar-refractivity contribution in [2.75, 3.05) is 18.0 Å². The minimum atomic E-state index is -0.525. The predicted molar refractivity (Wildman–Crippen MR) is 105 cm³/mol. The Morgan fingerprint density at radius 3 is 2.48 bits per heavy atom. The van der Waals surface area contributed by atoms with Gasteiger partial charge in [-0.05, 0) is 31.4 Å². The van der Waals surface area contributed by atoms with Crippen molar-refractivity contribution in [3.05, 3.63) is 65.2 Å². The molecule has 4 rings (SSSR count). The van der Waals surface area contributed by atoms with Crippen LogP contribution in [-0.4, -0.2) is 28.8 Å². The zero-order valence-corrected chi connectivity index (χ0v) is 15.4. The van der Waals surface area contributed by atoms with Gasteiger partial charge in [0.25, 0.3) is 0 Å². The summed E-state index contributed by atoms with van der Waals surface area (Å²) in [5.74, 6) is 0.551. The van der Waals surface area contributed by atoms with E-state index >= 15 is 0 Å². The number of rotatable bonds is 4. The third-order valence-electron chi connectivity index (χ3n) is 5.08. The molecular formula is C22H22FN3O. The summed E-state index contributed by atoms with van der Waals surface area (Å²) in [6.07, 6.45) is 4.02. The first-order chi connectivity index (χ1) is 13.2. The van der Waals surface area contributed by atoms with Gasteiger partial charge in [0, 0.05) is 25.1 Å². The maximum atomic E-state index is 14.9. The molecule has 0 aliphatic carbocycles. The number of benzene rings is 2. The Kier molecular flexibility index (Phi) is 4.84. The van der Waals surface area contributed by atoms with Gasteiger partial charge in [0.15, 0.2) is 5.78 Å². The smallest absolute Gasteiger partial charge is 0.196 e. The lowest BCUT2D eigenvalue weighted by molar-refractivity contribution is 0.103. The van der Waals surface area contributed by atoms with Crippen LogP contribution in [0.15, 0.2) is 42.5 Å². The molecule has 5 heteroatoms. The number of nitrogens with zero attached hydrogens (tertiary/aromatic N) is 3. The first-order valence-corrected chi connectivity index (χ1v) is 9.53. The topological polar surface area (TPSA) is 46.1 Å². The van der Waals surface area contributed by atoms with Crippen molar-refractivity contribution in [1.29, 1.82) is 0 Å². The molecule has 0 bridgehead atoms. The van der Waals surface area contributed by atoms with Gasteiger partial charge in [-0.15, -0.1) is 0 Å². The van der Waals surface area contributed by atoms with Crippen molar-refractivity contribution in [2.45, 2.75) is 32.6 Å². The van der Waals surface area contributed by atoms with Crippen LogP contribution in [0.25, 0.3) is 10.9 Å². The van der Waals surface area contributed by atoms with E-state index in [1.54, 1.807) is 30.3 Å². The molecule has 1 aliphatic rings. The fraction of sp³-hybridized carbons (Fsp3) is 0.318. The van der Waals surface area contributed by atoms with E-state index < -0.39 is 5.82 Å². The Morgan fingerprint density at radius 2 is 1.78 bits per heavy atom. The molecule has 0 N–H and O–H groups in total. The molecule has 3 aromatic rings. The second-order valence-electron chi connectivity index (χ2n) is 6.88. The van der Waals surface area contributed by atoms with E-state index in [1.807, 2.05) is 13.0 Å². The number of hydrogen-bond donors (Lipinski definition) is 0. The highest BCUT2D eigenvalue weighted by atomic mass is 19.1. The van der Waals surface area contributed by atoms with Gasteiger partial charge < -0.3 is 4.90 Å². The van der Waals surface area contributed by atoms with Crippen LogP contribution in [0.2, 0.25) is 0 Å². The lowest BCUT2D eigenvalue weighted by Crippen LogP contribution is -2.31. The van der Waals surface area contributed by atoms with E-state index in [0.29, 0.717) is 34.5 Å². The summed E-state index contributed by atoms with van der Waals surface area (Å²) < 4.78 is 14.9. The fourth-order valence-electron chi connectivity index (χ4n) is 3.68. The normalized spacial score (nSPS) is 14.5. The molecule has 1 fully saturated rings. The van der Waals surface area contributed by atoms with Gasteiger partial charge in [-0.3, -0.25) is 4.79 Å². The molecule has 138 valence electrons. The van der Waals surface area contributed by atoms with Crippen LogP contribution in [0.3, 0.4) is 0 Å². The summed E-state index contributed by atoms with van der Waals surface area (Å²) in [7, 11) is 0. The zero-order valence-electron chi connectivity index (χ0n) is 15.4. The molecule has 1 saturated heterocycles. The molecule has 1 aliphatic heterocycles. The minimum Gasteiger partial charge on any atom is -0.356 e. The molecule has 0 spiro atoms. The number of carbonyl (C=O) groups excluding carboxylic acids is 1. The lowest BCUT2D eigenvalue weighted by Gasteiger charge is -2.29. The molecule has 0 saturated carbocycles. The van der Waals surface area contributed by atoms with Crippen molar-refractivity contribution in [2.24, 2.45) is 0 Å². The molecule has 0 radical (unpaired) electrons. The third-order valence-corrected chi connectivity index (χ3v) is 5.08. The second-order valence-corrected chi connectivity index (χ2v) is 6.88. The summed E-state index contributed by atoms with van der Waals surface area (Å²) in [5.41, 5.74) is 1.16. The third kappa shape index (κ3) is 3.29. The Hall–Kier alpha value is -2.82. The Morgan fingerprint density at radius 1 is 1.04 bits per heavy atom. The number of aryl methyl sites for hydroxylation is 1. The van der Waals surface area contributed by atoms with Crippen molar-refractivity contribution in [3.63, 3.8) is 0 Å². The van der Waals surface area contributed by atoms with Crippen LogP contribution in [0.5, 0.6) is 0 Å². The molecular weight excluding hydrogens is 341 g/mol. The molecule has 0 unspecified atom stereocenters. The van der Waals surface area contributed by atoms with E-state index in [1.165, 1.54) is 12.5 Å². The minimum absolute atomic E-state index is 0.0712. The number of halogens is 1. The first-order valence-electron chi connectivity index (χ1n) is 9.53. The molecule has 27 heavy (non-hydrogen) atoms. The van der Waals surface area contributed by atoms with Crippen LogP contribution in [-0.2, 0) is 6.42 Å². The van der Waals surface area contributed by atoms with Gasteiger partial charge in [-0.2, -0.15) is 0 Å². The van der Waals surface area contributed by atoms with Gasteiger partial charge in [0.2, 0.25) is 0 Å². The Bertz CT molecular complexity index is 982. The van der Waals surface area contributed by atoms with Gasteiger partial charge in [0.1, 0.15) is 17.5 Å². The quantitative estimate of drug-likeness (QED) is 0.638. The average Bonchev–Trinajstić information content (AvgIpc) is 2.73. The number of hydrogen-bond acceptors (Lipinski definition) is 4. The highest BCUT2D eigenvalue weighted by Gasteiger charge is 2.25. The lowest BCUT2D eigenvalue weighted by atomic mass is 9.98. The van der Waals surface area contributed by atoms with E-state index in [4.69, 9.17) is 4.98 Å². The van der Waals surface area contributed by atoms with Crippen LogP contribution < -0.4 is 4.90 Å². The van der Waals surface area contributed by atoms with Crippen LogP contribution in [0.1, 0.15) is 47.9 Å². The van der Waals surface area contributed by atoms with Crippen LogP contribution in [0, 0.1) is 5.82 Å².